The number of thiazole rings is 1. The van der Waals surface area contributed by atoms with Gasteiger partial charge in [0.2, 0.25) is 6.41 Å². The number of carbonyl (C=O) groups excluding carboxylic acids is 1. The van der Waals surface area contributed by atoms with Crippen LogP contribution >= 0.6 is 22.9 Å². The van der Waals surface area contributed by atoms with E-state index < -0.39 is 0 Å². The molecule has 10 heteroatoms. The van der Waals surface area contributed by atoms with Crippen molar-refractivity contribution in [2.75, 3.05) is 31.9 Å². The second-order valence-corrected chi connectivity index (χ2v) is 10.4. The van der Waals surface area contributed by atoms with Crippen molar-refractivity contribution in [1.82, 2.24) is 24.8 Å². The number of aryl methyl sites for hydroxylation is 1. The summed E-state index contributed by atoms with van der Waals surface area (Å²) in [6, 6.07) is 11.5. The predicted octanol–water partition coefficient (Wildman–Crippen LogP) is 4.83. The maximum atomic E-state index is 10.5. The minimum absolute atomic E-state index is 0.311. The second kappa shape index (κ2) is 12.7. The van der Waals surface area contributed by atoms with E-state index in [0.29, 0.717) is 27.0 Å². The Morgan fingerprint density at radius 2 is 1.82 bits per heavy atom. The molecular weight excluding hydrogens is 518 g/mol. The lowest BCUT2D eigenvalue weighted by Crippen LogP contribution is -2.45. The Hall–Kier alpha value is -3.66. The van der Waals surface area contributed by atoms with Crippen LogP contribution in [0.25, 0.3) is 10.4 Å². The molecule has 1 saturated heterocycles. The van der Waals surface area contributed by atoms with E-state index in [0.717, 1.165) is 60.8 Å². The summed E-state index contributed by atoms with van der Waals surface area (Å²) in [7, 11) is 0. The van der Waals surface area contributed by atoms with Crippen LogP contribution in [0.5, 0.6) is 0 Å². The summed E-state index contributed by atoms with van der Waals surface area (Å²) in [6.07, 6.45) is 8.10. The molecule has 0 unspecified atom stereocenters. The van der Waals surface area contributed by atoms with Crippen molar-refractivity contribution in [3.8, 4) is 10.4 Å². The molecule has 3 aromatic heterocycles. The number of nitrogens with zero attached hydrogens (tertiary/aromatic N) is 5. The lowest BCUT2D eigenvalue weighted by Gasteiger charge is -2.32. The van der Waals surface area contributed by atoms with Gasteiger partial charge in [-0.2, -0.15) is 0 Å². The molecule has 196 valence electrons. The monoisotopic (exact) mass is 547 g/mol. The van der Waals surface area contributed by atoms with Gasteiger partial charge in [-0.1, -0.05) is 17.7 Å². The molecule has 3 N–H and O–H groups in total. The van der Waals surface area contributed by atoms with Gasteiger partial charge in [0.05, 0.1) is 16.3 Å². The summed E-state index contributed by atoms with van der Waals surface area (Å²) in [5.41, 5.74) is 11.6. The van der Waals surface area contributed by atoms with Gasteiger partial charge in [0.25, 0.3) is 0 Å². The van der Waals surface area contributed by atoms with E-state index in [1.165, 1.54) is 16.9 Å². The molecule has 1 aliphatic heterocycles. The van der Waals surface area contributed by atoms with Crippen LogP contribution in [-0.2, 0) is 11.3 Å². The first-order valence-electron chi connectivity index (χ1n) is 12.2. The highest BCUT2D eigenvalue weighted by molar-refractivity contribution is 7.17. The lowest BCUT2D eigenvalue weighted by molar-refractivity contribution is -0.119. The van der Waals surface area contributed by atoms with Crippen molar-refractivity contribution in [1.29, 1.82) is 5.41 Å². The van der Waals surface area contributed by atoms with Gasteiger partial charge < -0.3 is 10.6 Å². The van der Waals surface area contributed by atoms with Crippen molar-refractivity contribution >= 4 is 40.7 Å². The number of piperazine rings is 1. The number of anilines is 1. The average molecular weight is 548 g/mol. The fraction of sp³-hybridized carbons (Fsp3) is 0.250. The van der Waals surface area contributed by atoms with Crippen molar-refractivity contribution < 1.29 is 4.79 Å². The van der Waals surface area contributed by atoms with E-state index >= 15 is 0 Å². The second-order valence-electron chi connectivity index (χ2n) is 8.96. The number of pyridine rings is 2. The number of hydrogen-bond donors (Lipinski definition) is 2. The highest BCUT2D eigenvalue weighted by atomic mass is 35.5. The molecule has 0 atom stereocenters. The Morgan fingerprint density at radius 3 is 2.47 bits per heavy atom. The number of nitrogen functional groups attached to an aromatic ring is 1. The number of nitrogens with one attached hydrogen (secondary N) is 1. The fourth-order valence-electron chi connectivity index (χ4n) is 4.08. The molecule has 5 rings (SSSR count). The van der Waals surface area contributed by atoms with Gasteiger partial charge in [0, 0.05) is 79.3 Å². The molecule has 1 amide bonds. The van der Waals surface area contributed by atoms with Gasteiger partial charge in [-0.3, -0.25) is 25.1 Å². The molecular formula is C28H30ClN7OS. The number of halogens is 1. The number of hydrogen-bond acceptors (Lipinski definition) is 8. The topological polar surface area (TPSA) is 112 Å². The van der Waals surface area contributed by atoms with E-state index in [9.17, 15) is 4.79 Å². The van der Waals surface area contributed by atoms with Crippen LogP contribution in [-0.4, -0.2) is 63.1 Å². The zero-order chi connectivity index (χ0) is 27.1. The van der Waals surface area contributed by atoms with Gasteiger partial charge in [-0.25, -0.2) is 4.98 Å². The van der Waals surface area contributed by atoms with Crippen molar-refractivity contribution in [2.24, 2.45) is 0 Å². The summed E-state index contributed by atoms with van der Waals surface area (Å²) >= 11 is 7.55. The third kappa shape index (κ3) is 6.61. The van der Waals surface area contributed by atoms with Crippen LogP contribution in [0.15, 0.2) is 61.2 Å². The van der Waals surface area contributed by atoms with Crippen molar-refractivity contribution in [3.63, 3.8) is 0 Å². The zero-order valence-corrected chi connectivity index (χ0v) is 23.0. The third-order valence-corrected chi connectivity index (χ3v) is 8.00. The standard InChI is InChI=1S/C17H15ClN4S.C11H15N3O/c1-9-13(18)6-5-12(14(9)19)15(20)17-22-10(2)16(23-17)11-4-3-7-21-8-11;15-10-14-7-5-13(6-8-14)9-11-1-3-12-4-2-11/h3-8,20H,19H2,1-2H3;1-4,10H,5-9H2. The SMILES string of the molecule is Cc1nc(C(=N)c2ccc(Cl)c(C)c2N)sc1-c1cccnc1.O=CN1CCN(Cc2ccncc2)CC1. The van der Waals surface area contributed by atoms with Gasteiger partial charge >= 0.3 is 0 Å². The fourth-order valence-corrected chi connectivity index (χ4v) is 5.26. The van der Waals surface area contributed by atoms with E-state index in [2.05, 4.69) is 19.9 Å². The van der Waals surface area contributed by atoms with E-state index in [4.69, 9.17) is 22.7 Å². The van der Waals surface area contributed by atoms with Crippen LogP contribution in [0.1, 0.15) is 27.4 Å². The van der Waals surface area contributed by atoms with E-state index in [1.807, 2.05) is 55.4 Å². The minimum atomic E-state index is 0.311. The number of benzene rings is 1. The molecule has 1 fully saturated rings. The van der Waals surface area contributed by atoms with Crippen LogP contribution in [0.3, 0.4) is 0 Å². The van der Waals surface area contributed by atoms with Crippen LogP contribution in [0, 0.1) is 19.3 Å². The van der Waals surface area contributed by atoms with Gasteiger partial charge in [-0.15, -0.1) is 11.3 Å². The van der Waals surface area contributed by atoms with E-state index in [1.54, 1.807) is 24.5 Å². The summed E-state index contributed by atoms with van der Waals surface area (Å²) < 4.78 is 0. The Labute approximate surface area is 231 Å². The highest BCUT2D eigenvalue weighted by Crippen LogP contribution is 2.32. The molecule has 4 aromatic rings. The summed E-state index contributed by atoms with van der Waals surface area (Å²) in [5, 5.41) is 9.70. The molecule has 1 aliphatic rings. The Kier molecular flexibility index (Phi) is 9.17. The largest absolute Gasteiger partial charge is 0.398 e. The molecule has 0 aliphatic carbocycles. The molecule has 38 heavy (non-hydrogen) atoms. The van der Waals surface area contributed by atoms with Crippen molar-refractivity contribution in [2.45, 2.75) is 20.4 Å². The first kappa shape index (κ1) is 27.4. The third-order valence-electron chi connectivity index (χ3n) is 6.36. The molecule has 0 spiro atoms. The maximum absolute atomic E-state index is 10.5. The highest BCUT2D eigenvalue weighted by Gasteiger charge is 2.18. The van der Waals surface area contributed by atoms with Gasteiger partial charge in [-0.05, 0) is 55.3 Å². The summed E-state index contributed by atoms with van der Waals surface area (Å²) in [4.78, 5) is 28.4. The zero-order valence-electron chi connectivity index (χ0n) is 21.4. The number of amides is 1. The number of aromatic nitrogens is 3. The molecule has 0 radical (unpaired) electrons. The predicted molar refractivity (Wildman–Crippen MR) is 154 cm³/mol. The van der Waals surface area contributed by atoms with Gasteiger partial charge in [0.1, 0.15) is 5.01 Å². The Balaban J connectivity index is 0.000000194. The Bertz CT molecular complexity index is 1390. The quantitative estimate of drug-likeness (QED) is 0.203. The van der Waals surface area contributed by atoms with Crippen LogP contribution < -0.4 is 5.73 Å². The van der Waals surface area contributed by atoms with E-state index in [-0.39, 0.29) is 0 Å². The molecule has 4 heterocycles. The maximum Gasteiger partial charge on any atom is 0.209 e. The smallest absolute Gasteiger partial charge is 0.209 e. The van der Waals surface area contributed by atoms with Gasteiger partial charge in [0.15, 0.2) is 0 Å². The summed E-state index contributed by atoms with van der Waals surface area (Å²) in [6.45, 7) is 8.34. The first-order chi connectivity index (χ1) is 18.4. The van der Waals surface area contributed by atoms with Crippen molar-refractivity contribution in [3.05, 3.63) is 93.6 Å². The number of carbonyl (C=O) groups is 1. The Morgan fingerprint density at radius 1 is 1.08 bits per heavy atom. The first-order valence-corrected chi connectivity index (χ1v) is 13.4. The molecule has 8 nitrogen and oxygen atoms in total. The minimum Gasteiger partial charge on any atom is -0.398 e. The molecule has 0 bridgehead atoms. The molecule has 1 aromatic carbocycles. The lowest BCUT2D eigenvalue weighted by atomic mass is 10.0. The van der Waals surface area contributed by atoms with Crippen LogP contribution in [0.2, 0.25) is 5.02 Å². The summed E-state index contributed by atoms with van der Waals surface area (Å²) in [5.74, 6) is 0. The van der Waals surface area contributed by atoms with Crippen LogP contribution in [0.4, 0.5) is 5.69 Å². The number of rotatable bonds is 6. The number of nitrogens with two attached hydrogens (primary N) is 1. The molecule has 0 saturated carbocycles. The average Bonchev–Trinajstić information content (AvgIpc) is 3.35. The normalized spacial score (nSPS) is 13.5.